The van der Waals surface area contributed by atoms with Crippen LogP contribution in [0.4, 0.5) is 0 Å². The van der Waals surface area contributed by atoms with Gasteiger partial charge in [-0.3, -0.25) is 9.59 Å². The number of hydrogen-bond donors (Lipinski definition) is 0. The molecule has 116 valence electrons. The molecule has 4 heteroatoms. The summed E-state index contributed by atoms with van der Waals surface area (Å²) in [6.07, 6.45) is 11.4. The minimum absolute atomic E-state index is 0.0992. The zero-order chi connectivity index (χ0) is 14.7. The number of esters is 1. The first-order valence-corrected chi connectivity index (χ1v) is 8.34. The topological polar surface area (TPSA) is 46.6 Å². The fraction of sp³-hybridized carbons (Fsp3) is 0.765. The van der Waals surface area contributed by atoms with E-state index in [1.807, 2.05) is 4.90 Å². The third-order valence-corrected chi connectivity index (χ3v) is 4.83. The van der Waals surface area contributed by atoms with Gasteiger partial charge in [0.1, 0.15) is 0 Å². The molecule has 0 radical (unpaired) electrons. The molecule has 2 atom stereocenters. The summed E-state index contributed by atoms with van der Waals surface area (Å²) in [4.78, 5) is 26.2. The minimum Gasteiger partial charge on any atom is -0.465 e. The zero-order valence-electron chi connectivity index (χ0n) is 12.6. The molecule has 1 aliphatic heterocycles. The number of carbonyl (C=O) groups excluding carboxylic acids is 2. The molecule has 1 saturated heterocycles. The van der Waals surface area contributed by atoms with Gasteiger partial charge in [-0.2, -0.15) is 0 Å². The van der Waals surface area contributed by atoms with Gasteiger partial charge in [0.15, 0.2) is 0 Å². The third kappa shape index (κ3) is 3.86. The number of ether oxygens (including phenoxy) is 1. The third-order valence-electron chi connectivity index (χ3n) is 4.83. The quantitative estimate of drug-likeness (QED) is 0.590. The first-order chi connectivity index (χ1) is 10.2. The van der Waals surface area contributed by atoms with Crippen LogP contribution in [0.15, 0.2) is 12.2 Å². The Morgan fingerprint density at radius 1 is 1.10 bits per heavy atom. The number of amides is 1. The molecule has 2 unspecified atom stereocenters. The van der Waals surface area contributed by atoms with E-state index in [0.29, 0.717) is 19.1 Å². The Hall–Kier alpha value is -1.32. The van der Waals surface area contributed by atoms with Crippen LogP contribution in [0.25, 0.3) is 0 Å². The molecule has 3 aliphatic rings. The lowest BCUT2D eigenvalue weighted by Gasteiger charge is -2.32. The van der Waals surface area contributed by atoms with E-state index in [0.717, 1.165) is 51.5 Å². The smallest absolute Gasteiger partial charge is 0.310 e. The molecule has 0 aromatic carbocycles. The highest BCUT2D eigenvalue weighted by Crippen LogP contribution is 2.32. The molecule has 0 spiro atoms. The van der Waals surface area contributed by atoms with Crippen LogP contribution in [0.1, 0.15) is 44.9 Å². The van der Waals surface area contributed by atoms with Crippen molar-refractivity contribution in [2.45, 2.75) is 44.9 Å². The molecule has 0 N–H and O–H groups in total. The normalized spacial score (nSPS) is 29.2. The van der Waals surface area contributed by atoms with E-state index in [4.69, 9.17) is 4.74 Å². The van der Waals surface area contributed by atoms with Gasteiger partial charge in [0, 0.05) is 19.0 Å². The van der Waals surface area contributed by atoms with Crippen molar-refractivity contribution in [1.29, 1.82) is 0 Å². The van der Waals surface area contributed by atoms with Crippen LogP contribution in [-0.2, 0) is 14.3 Å². The van der Waals surface area contributed by atoms with Gasteiger partial charge in [-0.05, 0) is 50.9 Å². The second-order valence-corrected chi connectivity index (χ2v) is 6.68. The van der Waals surface area contributed by atoms with Crippen molar-refractivity contribution in [2.24, 2.45) is 17.8 Å². The van der Waals surface area contributed by atoms with Crippen LogP contribution in [0, 0.1) is 17.8 Å². The molecular formula is C17H25NO3. The average molecular weight is 291 g/mol. The Morgan fingerprint density at radius 3 is 2.67 bits per heavy atom. The molecule has 2 fully saturated rings. The number of piperidine rings is 1. The highest BCUT2D eigenvalue weighted by atomic mass is 16.5. The number of nitrogens with zero attached hydrogens (tertiary/aromatic N) is 1. The summed E-state index contributed by atoms with van der Waals surface area (Å²) in [5, 5.41) is 0. The Labute approximate surface area is 126 Å². The van der Waals surface area contributed by atoms with Gasteiger partial charge < -0.3 is 9.64 Å². The number of carbonyl (C=O) groups is 2. The Kier molecular flexibility index (Phi) is 4.61. The Bertz CT molecular complexity index is 428. The van der Waals surface area contributed by atoms with Crippen LogP contribution in [0.2, 0.25) is 0 Å². The molecule has 0 aromatic heterocycles. The number of hydrogen-bond acceptors (Lipinski definition) is 3. The number of likely N-dealkylation sites (tertiary alicyclic amines) is 1. The van der Waals surface area contributed by atoms with E-state index in [-0.39, 0.29) is 23.7 Å². The van der Waals surface area contributed by atoms with Crippen molar-refractivity contribution >= 4 is 11.9 Å². The van der Waals surface area contributed by atoms with E-state index >= 15 is 0 Å². The van der Waals surface area contributed by atoms with E-state index in [1.54, 1.807) is 0 Å². The van der Waals surface area contributed by atoms with Crippen molar-refractivity contribution in [2.75, 3.05) is 19.7 Å². The van der Waals surface area contributed by atoms with Gasteiger partial charge in [-0.1, -0.05) is 12.2 Å². The lowest BCUT2D eigenvalue weighted by Crippen LogP contribution is -2.43. The van der Waals surface area contributed by atoms with E-state index in [2.05, 4.69) is 12.2 Å². The van der Waals surface area contributed by atoms with Crippen LogP contribution >= 0.6 is 0 Å². The summed E-state index contributed by atoms with van der Waals surface area (Å²) >= 11 is 0. The van der Waals surface area contributed by atoms with Gasteiger partial charge >= 0.3 is 5.97 Å². The molecule has 21 heavy (non-hydrogen) atoms. The van der Waals surface area contributed by atoms with Crippen LogP contribution in [-0.4, -0.2) is 36.5 Å². The molecule has 2 aliphatic carbocycles. The summed E-state index contributed by atoms with van der Waals surface area (Å²) in [7, 11) is 0. The standard InChI is InChI=1S/C17H25NO3/c19-16(14-8-9-14)18-10-4-7-15(11-18)17(20)21-12-13-5-2-1-3-6-13/h1-2,13-15H,3-12H2. The van der Waals surface area contributed by atoms with Gasteiger partial charge in [-0.15, -0.1) is 0 Å². The molecule has 0 bridgehead atoms. The van der Waals surface area contributed by atoms with Crippen LogP contribution in [0.3, 0.4) is 0 Å². The first-order valence-electron chi connectivity index (χ1n) is 8.34. The van der Waals surface area contributed by atoms with Crippen LogP contribution < -0.4 is 0 Å². The maximum absolute atomic E-state index is 12.2. The van der Waals surface area contributed by atoms with E-state index < -0.39 is 0 Å². The van der Waals surface area contributed by atoms with Crippen molar-refractivity contribution in [3.8, 4) is 0 Å². The maximum atomic E-state index is 12.2. The van der Waals surface area contributed by atoms with Crippen molar-refractivity contribution in [1.82, 2.24) is 4.90 Å². The Morgan fingerprint density at radius 2 is 1.95 bits per heavy atom. The van der Waals surface area contributed by atoms with Gasteiger partial charge in [0.25, 0.3) is 0 Å². The van der Waals surface area contributed by atoms with E-state index in [9.17, 15) is 9.59 Å². The predicted molar refractivity (Wildman–Crippen MR) is 79.5 cm³/mol. The van der Waals surface area contributed by atoms with Crippen LogP contribution in [0.5, 0.6) is 0 Å². The number of rotatable bonds is 4. The summed E-state index contributed by atoms with van der Waals surface area (Å²) in [6, 6.07) is 0. The second-order valence-electron chi connectivity index (χ2n) is 6.68. The Balaban J connectivity index is 1.45. The second kappa shape index (κ2) is 6.63. The number of allylic oxidation sites excluding steroid dienone is 2. The largest absolute Gasteiger partial charge is 0.465 e. The van der Waals surface area contributed by atoms with Crippen molar-refractivity contribution in [3.05, 3.63) is 12.2 Å². The van der Waals surface area contributed by atoms with Crippen molar-refractivity contribution < 1.29 is 14.3 Å². The zero-order valence-corrected chi connectivity index (χ0v) is 12.6. The summed E-state index contributed by atoms with van der Waals surface area (Å²) in [5.41, 5.74) is 0. The lowest BCUT2D eigenvalue weighted by molar-refractivity contribution is -0.153. The monoisotopic (exact) mass is 291 g/mol. The summed E-state index contributed by atoms with van der Waals surface area (Å²) in [5.74, 6) is 0.767. The highest BCUT2D eigenvalue weighted by molar-refractivity contribution is 5.82. The van der Waals surface area contributed by atoms with Gasteiger partial charge in [0.2, 0.25) is 5.91 Å². The molecule has 1 heterocycles. The molecule has 3 rings (SSSR count). The minimum atomic E-state index is -0.111. The summed E-state index contributed by atoms with van der Waals surface area (Å²) < 4.78 is 5.51. The molecule has 1 amide bonds. The van der Waals surface area contributed by atoms with E-state index in [1.165, 1.54) is 0 Å². The molecule has 1 saturated carbocycles. The SMILES string of the molecule is O=C(OCC1CC=CCC1)C1CCCN(C(=O)C2CC2)C1. The first kappa shape index (κ1) is 14.6. The van der Waals surface area contributed by atoms with Crippen molar-refractivity contribution in [3.63, 3.8) is 0 Å². The molecule has 4 nitrogen and oxygen atoms in total. The fourth-order valence-electron chi connectivity index (χ4n) is 3.28. The van der Waals surface area contributed by atoms with Gasteiger partial charge in [0.05, 0.1) is 12.5 Å². The maximum Gasteiger partial charge on any atom is 0.310 e. The highest BCUT2D eigenvalue weighted by Gasteiger charge is 2.37. The molecule has 0 aromatic rings. The molecular weight excluding hydrogens is 266 g/mol. The average Bonchev–Trinajstić information content (AvgIpc) is 3.38. The summed E-state index contributed by atoms with van der Waals surface area (Å²) in [6.45, 7) is 1.92. The lowest BCUT2D eigenvalue weighted by atomic mass is 9.95. The predicted octanol–water partition coefficient (Wildman–Crippen LogP) is 2.53. The van der Waals surface area contributed by atoms with Gasteiger partial charge in [-0.25, -0.2) is 0 Å². The fourth-order valence-corrected chi connectivity index (χ4v) is 3.28.